The molecule has 0 heterocycles. The molecule has 0 N–H and O–H groups in total. The van der Waals surface area contributed by atoms with Crippen LogP contribution in [0.5, 0.6) is 0 Å². The van der Waals surface area contributed by atoms with Gasteiger partial charge in [-0.2, -0.15) is 0 Å². The number of hydrogen-bond acceptors (Lipinski definition) is 0. The highest BCUT2D eigenvalue weighted by Gasteiger charge is 2.02. The van der Waals surface area contributed by atoms with E-state index in [1.165, 1.54) is 31.7 Å². The Bertz CT molecular complexity index is 168. The van der Waals surface area contributed by atoms with E-state index in [-0.39, 0.29) is 8.80 Å². The average molecular weight is 193 g/mol. The molecule has 0 aliphatic heterocycles. The summed E-state index contributed by atoms with van der Waals surface area (Å²) in [6, 6.07) is 1.50. The first kappa shape index (κ1) is 10.8. The second-order valence-corrected chi connectivity index (χ2v) is 7.15. The van der Waals surface area contributed by atoms with Gasteiger partial charge in [0.2, 0.25) is 0 Å². The molecule has 0 amide bonds. The summed E-state index contributed by atoms with van der Waals surface area (Å²) in [5, 5.41) is 0. The first-order valence-corrected chi connectivity index (χ1v) is 8.14. The van der Waals surface area contributed by atoms with Gasteiger partial charge in [0.25, 0.3) is 0 Å². The van der Waals surface area contributed by atoms with Gasteiger partial charge in [-0.3, -0.25) is 0 Å². The van der Waals surface area contributed by atoms with Crippen LogP contribution in [0.3, 0.4) is 0 Å². The van der Waals surface area contributed by atoms with Gasteiger partial charge in [-0.1, -0.05) is 62.7 Å². The van der Waals surface area contributed by atoms with E-state index in [1.807, 2.05) is 0 Å². The monoisotopic (exact) mass is 193 g/mol. The quantitative estimate of drug-likeness (QED) is 0.441. The summed E-state index contributed by atoms with van der Waals surface area (Å²) in [5.74, 6) is 0.757. The molecule has 0 saturated heterocycles. The molecule has 1 aliphatic rings. The summed E-state index contributed by atoms with van der Waals surface area (Å²) in [4.78, 5) is 0. The van der Waals surface area contributed by atoms with Crippen molar-refractivity contribution < 1.29 is 0 Å². The molecule has 0 bridgehead atoms. The van der Waals surface area contributed by atoms with Crippen molar-refractivity contribution >= 4 is 8.80 Å². The van der Waals surface area contributed by atoms with E-state index >= 15 is 0 Å². The van der Waals surface area contributed by atoms with Gasteiger partial charge in [0.1, 0.15) is 0 Å². The molecule has 1 radical (unpaired) electrons. The SMILES string of the molecule is C[Si](C)CCCCCC1C=CC=C1. The summed E-state index contributed by atoms with van der Waals surface area (Å²) < 4.78 is 0. The zero-order valence-corrected chi connectivity index (χ0v) is 9.92. The number of unbranched alkanes of at least 4 members (excludes halogenated alkanes) is 2. The van der Waals surface area contributed by atoms with Gasteiger partial charge in [0.05, 0.1) is 0 Å². The van der Waals surface area contributed by atoms with Gasteiger partial charge in [-0.05, 0) is 12.3 Å². The molecule has 0 atom stereocenters. The normalized spacial score (nSPS) is 16.2. The molecule has 13 heavy (non-hydrogen) atoms. The van der Waals surface area contributed by atoms with E-state index in [1.54, 1.807) is 0 Å². The maximum Gasteiger partial charge on any atom is 0.0412 e. The van der Waals surface area contributed by atoms with E-state index in [0.29, 0.717) is 0 Å². The minimum Gasteiger partial charge on any atom is -0.0776 e. The van der Waals surface area contributed by atoms with Crippen LogP contribution in [0.25, 0.3) is 0 Å². The van der Waals surface area contributed by atoms with Crippen molar-refractivity contribution in [2.24, 2.45) is 5.92 Å². The van der Waals surface area contributed by atoms with Crippen LogP contribution in [0, 0.1) is 5.92 Å². The Balaban J connectivity index is 1.89. The van der Waals surface area contributed by atoms with E-state index < -0.39 is 0 Å². The average Bonchev–Trinajstić information content (AvgIpc) is 2.55. The Morgan fingerprint density at radius 1 is 1.00 bits per heavy atom. The molecule has 0 nitrogen and oxygen atoms in total. The summed E-state index contributed by atoms with van der Waals surface area (Å²) in [5.41, 5.74) is 0. The van der Waals surface area contributed by atoms with E-state index in [9.17, 15) is 0 Å². The van der Waals surface area contributed by atoms with Gasteiger partial charge >= 0.3 is 0 Å². The fraction of sp³-hybridized carbons (Fsp3) is 0.667. The fourth-order valence-corrected chi connectivity index (χ4v) is 2.66. The highest BCUT2D eigenvalue weighted by Crippen LogP contribution is 2.17. The van der Waals surface area contributed by atoms with Crippen LogP contribution in [0.1, 0.15) is 25.7 Å². The molecule has 0 aromatic rings. The second kappa shape index (κ2) is 6.20. The van der Waals surface area contributed by atoms with Crippen molar-refractivity contribution in [2.45, 2.75) is 44.8 Å². The topological polar surface area (TPSA) is 0 Å². The fourth-order valence-electron chi connectivity index (χ4n) is 1.71. The minimum atomic E-state index is 0.0384. The molecule has 0 saturated carbocycles. The zero-order valence-electron chi connectivity index (χ0n) is 8.92. The summed E-state index contributed by atoms with van der Waals surface area (Å²) >= 11 is 0. The Morgan fingerprint density at radius 2 is 1.69 bits per heavy atom. The van der Waals surface area contributed by atoms with Crippen LogP contribution in [0.2, 0.25) is 19.1 Å². The van der Waals surface area contributed by atoms with Crippen LogP contribution in [0.4, 0.5) is 0 Å². The van der Waals surface area contributed by atoms with Gasteiger partial charge < -0.3 is 0 Å². The number of rotatable bonds is 6. The maximum atomic E-state index is 2.41. The molecule has 0 unspecified atom stereocenters. The lowest BCUT2D eigenvalue weighted by atomic mass is 10.0. The molecule has 1 aliphatic carbocycles. The number of allylic oxidation sites excluding steroid dienone is 4. The highest BCUT2D eigenvalue weighted by atomic mass is 28.3. The lowest BCUT2D eigenvalue weighted by Gasteiger charge is -2.05. The lowest BCUT2D eigenvalue weighted by molar-refractivity contribution is 0.613. The summed E-state index contributed by atoms with van der Waals surface area (Å²) in [7, 11) is 0.0384. The third kappa shape index (κ3) is 5.09. The Kier molecular flexibility index (Phi) is 5.14. The summed E-state index contributed by atoms with van der Waals surface area (Å²) in [6.45, 7) is 4.82. The largest absolute Gasteiger partial charge is 0.0776 e. The van der Waals surface area contributed by atoms with Crippen LogP contribution >= 0.6 is 0 Å². The van der Waals surface area contributed by atoms with Crippen molar-refractivity contribution in [1.82, 2.24) is 0 Å². The van der Waals surface area contributed by atoms with Crippen LogP contribution in [0.15, 0.2) is 24.3 Å². The molecule has 1 heteroatoms. The molecular weight excluding hydrogens is 172 g/mol. The Labute approximate surface area is 84.3 Å². The van der Waals surface area contributed by atoms with Crippen LogP contribution in [-0.2, 0) is 0 Å². The predicted molar refractivity (Wildman–Crippen MR) is 62.5 cm³/mol. The highest BCUT2D eigenvalue weighted by molar-refractivity contribution is 6.55. The van der Waals surface area contributed by atoms with E-state index in [2.05, 4.69) is 37.4 Å². The lowest BCUT2D eigenvalue weighted by Crippen LogP contribution is -1.98. The molecular formula is C12H21Si. The van der Waals surface area contributed by atoms with Crippen molar-refractivity contribution in [3.63, 3.8) is 0 Å². The zero-order chi connectivity index (χ0) is 9.52. The molecule has 0 fully saturated rings. The first-order chi connectivity index (χ1) is 6.29. The van der Waals surface area contributed by atoms with Gasteiger partial charge in [-0.25, -0.2) is 0 Å². The van der Waals surface area contributed by atoms with E-state index in [4.69, 9.17) is 0 Å². The molecule has 0 aromatic heterocycles. The van der Waals surface area contributed by atoms with Crippen molar-refractivity contribution in [3.8, 4) is 0 Å². The predicted octanol–water partition coefficient (Wildman–Crippen LogP) is 4.04. The standard InChI is InChI=1S/C12H21Si/c1-13(2)11-7-3-4-8-12-9-5-6-10-12/h5-6,9-10,12H,3-4,7-8,11H2,1-2H3. The Morgan fingerprint density at radius 3 is 2.31 bits per heavy atom. The van der Waals surface area contributed by atoms with Crippen molar-refractivity contribution in [3.05, 3.63) is 24.3 Å². The van der Waals surface area contributed by atoms with Crippen molar-refractivity contribution in [1.29, 1.82) is 0 Å². The maximum absolute atomic E-state index is 2.41. The molecule has 0 spiro atoms. The second-order valence-electron chi connectivity index (χ2n) is 4.24. The van der Waals surface area contributed by atoms with Crippen LogP contribution < -0.4 is 0 Å². The van der Waals surface area contributed by atoms with Gasteiger partial charge in [0.15, 0.2) is 0 Å². The van der Waals surface area contributed by atoms with Crippen molar-refractivity contribution in [2.75, 3.05) is 0 Å². The third-order valence-corrected chi connectivity index (χ3v) is 3.90. The van der Waals surface area contributed by atoms with E-state index in [0.717, 1.165) is 5.92 Å². The Hall–Kier alpha value is -0.303. The van der Waals surface area contributed by atoms with Gasteiger partial charge in [0, 0.05) is 8.80 Å². The third-order valence-electron chi connectivity index (χ3n) is 2.54. The summed E-state index contributed by atoms with van der Waals surface area (Å²) in [6.07, 6.45) is 14.6. The molecule has 0 aromatic carbocycles. The molecule has 1 rings (SSSR count). The minimum absolute atomic E-state index is 0.0384. The van der Waals surface area contributed by atoms with Gasteiger partial charge in [-0.15, -0.1) is 0 Å². The number of hydrogen-bond donors (Lipinski definition) is 0. The smallest absolute Gasteiger partial charge is 0.0412 e. The molecule has 73 valence electrons. The van der Waals surface area contributed by atoms with Crippen LogP contribution in [-0.4, -0.2) is 8.80 Å². The first-order valence-electron chi connectivity index (χ1n) is 5.43.